The van der Waals surface area contributed by atoms with Crippen LogP contribution in [0.25, 0.3) is 0 Å². The molecule has 1 saturated carbocycles. The lowest BCUT2D eigenvalue weighted by Gasteiger charge is -2.33. The summed E-state index contributed by atoms with van der Waals surface area (Å²) in [5, 5.41) is 3.04. The molecule has 0 spiro atoms. The lowest BCUT2D eigenvalue weighted by molar-refractivity contribution is 0.0131. The summed E-state index contributed by atoms with van der Waals surface area (Å²) in [5.74, 6) is 0.212. The number of rotatable bonds is 6. The molecule has 0 aromatic rings. The number of nitrogens with one attached hydrogen (secondary N) is 1. The third-order valence-electron chi connectivity index (χ3n) is 2.98. The smallest absolute Gasteiger partial charge is 0.256 e. The zero-order valence-corrected chi connectivity index (χ0v) is 8.45. The van der Waals surface area contributed by atoms with E-state index in [2.05, 4.69) is 5.32 Å². The van der Waals surface area contributed by atoms with Crippen molar-refractivity contribution in [3.05, 3.63) is 0 Å². The van der Waals surface area contributed by atoms with Crippen molar-refractivity contribution in [1.82, 2.24) is 5.32 Å². The molecule has 0 aromatic heterocycles. The maximum Gasteiger partial charge on any atom is 0.256 e. The number of hydrogen-bond acceptors (Lipinski definition) is 1. The zero-order chi connectivity index (χ0) is 9.90. The predicted octanol–water partition coefficient (Wildman–Crippen LogP) is 2.81. The van der Waals surface area contributed by atoms with Crippen LogP contribution in [0.3, 0.4) is 0 Å². The second-order valence-corrected chi connectivity index (χ2v) is 3.90. The third kappa shape index (κ3) is 2.19. The van der Waals surface area contributed by atoms with Gasteiger partial charge in [0.2, 0.25) is 0 Å². The van der Waals surface area contributed by atoms with Gasteiger partial charge in [-0.3, -0.25) is 0 Å². The van der Waals surface area contributed by atoms with Crippen molar-refractivity contribution in [2.45, 2.75) is 51.5 Å². The first-order valence-corrected chi connectivity index (χ1v) is 5.20. The van der Waals surface area contributed by atoms with E-state index in [0.29, 0.717) is 13.0 Å². The summed E-state index contributed by atoms with van der Waals surface area (Å²) in [7, 11) is 0. The van der Waals surface area contributed by atoms with Crippen LogP contribution >= 0.6 is 0 Å². The largest absolute Gasteiger partial charge is 0.306 e. The van der Waals surface area contributed by atoms with Gasteiger partial charge in [-0.15, -0.1) is 0 Å². The van der Waals surface area contributed by atoms with E-state index >= 15 is 0 Å². The molecule has 1 fully saturated rings. The van der Waals surface area contributed by atoms with E-state index < -0.39 is 12.0 Å². The summed E-state index contributed by atoms with van der Waals surface area (Å²) in [6, 6.07) is 0. The molecular weight excluding hydrogens is 172 g/mol. The van der Waals surface area contributed by atoms with Gasteiger partial charge in [-0.25, -0.2) is 8.78 Å². The Balaban J connectivity index is 2.58. The molecule has 1 atom stereocenters. The SMILES string of the molecule is CCCNC(CC)(C(F)F)C1CC1. The first kappa shape index (κ1) is 10.9. The van der Waals surface area contributed by atoms with Gasteiger partial charge in [0.05, 0.1) is 5.54 Å². The average Bonchev–Trinajstić information content (AvgIpc) is 2.90. The number of halogens is 2. The lowest BCUT2D eigenvalue weighted by Crippen LogP contribution is -2.53. The van der Waals surface area contributed by atoms with Gasteiger partial charge in [0.15, 0.2) is 0 Å². The van der Waals surface area contributed by atoms with Gasteiger partial charge in [-0.1, -0.05) is 13.8 Å². The van der Waals surface area contributed by atoms with Crippen molar-refractivity contribution in [2.75, 3.05) is 6.54 Å². The monoisotopic (exact) mass is 191 g/mol. The Hall–Kier alpha value is -0.180. The molecule has 13 heavy (non-hydrogen) atoms. The highest BCUT2D eigenvalue weighted by atomic mass is 19.3. The predicted molar refractivity (Wildman–Crippen MR) is 50.0 cm³/mol. The Bertz CT molecular complexity index is 153. The molecule has 0 amide bonds. The van der Waals surface area contributed by atoms with E-state index in [0.717, 1.165) is 19.3 Å². The lowest BCUT2D eigenvalue weighted by atomic mass is 9.90. The van der Waals surface area contributed by atoms with Crippen LogP contribution < -0.4 is 5.32 Å². The topological polar surface area (TPSA) is 12.0 Å². The van der Waals surface area contributed by atoms with Crippen LogP contribution in [0.5, 0.6) is 0 Å². The van der Waals surface area contributed by atoms with Crippen LogP contribution in [0, 0.1) is 5.92 Å². The molecule has 0 aromatic carbocycles. The summed E-state index contributed by atoms with van der Waals surface area (Å²) >= 11 is 0. The minimum atomic E-state index is -2.23. The van der Waals surface area contributed by atoms with Crippen LogP contribution in [0.2, 0.25) is 0 Å². The molecule has 1 N–H and O–H groups in total. The molecule has 1 nitrogen and oxygen atoms in total. The summed E-state index contributed by atoms with van der Waals surface area (Å²) in [6.07, 6.45) is 1.16. The van der Waals surface area contributed by atoms with Gasteiger partial charge in [-0.2, -0.15) is 0 Å². The van der Waals surface area contributed by atoms with Gasteiger partial charge in [0.25, 0.3) is 6.43 Å². The molecule has 0 radical (unpaired) electrons. The molecule has 3 heteroatoms. The minimum Gasteiger partial charge on any atom is -0.306 e. The molecule has 1 aliphatic rings. The Morgan fingerprint density at radius 2 is 2.00 bits per heavy atom. The van der Waals surface area contributed by atoms with Crippen LogP contribution in [0.4, 0.5) is 8.78 Å². The maximum absolute atomic E-state index is 12.9. The fourth-order valence-electron chi connectivity index (χ4n) is 1.92. The van der Waals surface area contributed by atoms with Crippen molar-refractivity contribution in [2.24, 2.45) is 5.92 Å². The maximum atomic E-state index is 12.9. The van der Waals surface area contributed by atoms with Crippen molar-refractivity contribution < 1.29 is 8.78 Å². The fraction of sp³-hybridized carbons (Fsp3) is 1.00. The van der Waals surface area contributed by atoms with Gasteiger partial charge >= 0.3 is 0 Å². The number of alkyl halides is 2. The van der Waals surface area contributed by atoms with E-state index in [1.54, 1.807) is 0 Å². The third-order valence-corrected chi connectivity index (χ3v) is 2.98. The van der Waals surface area contributed by atoms with Crippen LogP contribution in [-0.2, 0) is 0 Å². The van der Waals surface area contributed by atoms with E-state index in [9.17, 15) is 8.78 Å². The van der Waals surface area contributed by atoms with Gasteiger partial charge in [-0.05, 0) is 38.1 Å². The average molecular weight is 191 g/mol. The fourth-order valence-corrected chi connectivity index (χ4v) is 1.92. The summed E-state index contributed by atoms with van der Waals surface area (Å²) < 4.78 is 25.8. The molecule has 0 heterocycles. The highest BCUT2D eigenvalue weighted by molar-refractivity contribution is 5.02. The van der Waals surface area contributed by atoms with Crippen molar-refractivity contribution in [3.8, 4) is 0 Å². The normalized spacial score (nSPS) is 21.9. The Kier molecular flexibility index (Phi) is 3.65. The zero-order valence-electron chi connectivity index (χ0n) is 8.45. The second kappa shape index (κ2) is 4.36. The molecular formula is C10H19F2N. The number of hydrogen-bond donors (Lipinski definition) is 1. The highest BCUT2D eigenvalue weighted by Crippen LogP contribution is 2.44. The minimum absolute atomic E-state index is 0.212. The van der Waals surface area contributed by atoms with E-state index in [-0.39, 0.29) is 5.92 Å². The van der Waals surface area contributed by atoms with E-state index in [1.165, 1.54) is 0 Å². The summed E-state index contributed by atoms with van der Waals surface area (Å²) in [5.41, 5.74) is -0.879. The van der Waals surface area contributed by atoms with Crippen LogP contribution in [-0.4, -0.2) is 18.5 Å². The molecule has 1 aliphatic carbocycles. The van der Waals surface area contributed by atoms with Gasteiger partial charge in [0.1, 0.15) is 0 Å². The second-order valence-electron chi connectivity index (χ2n) is 3.90. The highest BCUT2D eigenvalue weighted by Gasteiger charge is 2.49. The van der Waals surface area contributed by atoms with Gasteiger partial charge in [0, 0.05) is 0 Å². The molecule has 78 valence electrons. The van der Waals surface area contributed by atoms with Gasteiger partial charge < -0.3 is 5.32 Å². The van der Waals surface area contributed by atoms with E-state index in [1.807, 2.05) is 13.8 Å². The molecule has 1 rings (SSSR count). The van der Waals surface area contributed by atoms with E-state index in [4.69, 9.17) is 0 Å². The standard InChI is InChI=1S/C10H19F2N/c1-3-7-13-10(4-2,9(11)12)8-5-6-8/h8-9,13H,3-7H2,1-2H3. The van der Waals surface area contributed by atoms with Crippen molar-refractivity contribution >= 4 is 0 Å². The molecule has 0 bridgehead atoms. The molecule has 0 saturated heterocycles. The Morgan fingerprint density at radius 3 is 2.31 bits per heavy atom. The first-order valence-electron chi connectivity index (χ1n) is 5.20. The molecule has 0 aliphatic heterocycles. The Labute approximate surface area is 78.9 Å². The first-order chi connectivity index (χ1) is 6.17. The van der Waals surface area contributed by atoms with Crippen LogP contribution in [0.15, 0.2) is 0 Å². The van der Waals surface area contributed by atoms with Crippen molar-refractivity contribution in [1.29, 1.82) is 0 Å². The molecule has 1 unspecified atom stereocenters. The summed E-state index contributed by atoms with van der Waals surface area (Å²) in [4.78, 5) is 0. The summed E-state index contributed by atoms with van der Waals surface area (Å²) in [6.45, 7) is 4.56. The van der Waals surface area contributed by atoms with Crippen LogP contribution in [0.1, 0.15) is 39.5 Å². The van der Waals surface area contributed by atoms with Crippen molar-refractivity contribution in [3.63, 3.8) is 0 Å². The Morgan fingerprint density at radius 1 is 1.38 bits per heavy atom. The quantitative estimate of drug-likeness (QED) is 0.680.